The Bertz CT molecular complexity index is 889. The smallest absolute Gasteiger partial charge is 0.307 e. The minimum absolute atomic E-state index is 0.240. The fourth-order valence-electron chi connectivity index (χ4n) is 2.12. The fourth-order valence-corrected chi connectivity index (χ4v) is 3.62. The summed E-state index contributed by atoms with van der Waals surface area (Å²) in [5, 5.41) is 0.240. The lowest BCUT2D eigenvalue weighted by Gasteiger charge is -2.19. The van der Waals surface area contributed by atoms with Crippen molar-refractivity contribution in [3.8, 4) is 0 Å². The van der Waals surface area contributed by atoms with Crippen LogP contribution in [0.3, 0.4) is 0 Å². The number of carbonyl (C=O) groups excluding carboxylic acids is 1. The molecule has 2 aromatic rings. The highest BCUT2D eigenvalue weighted by molar-refractivity contribution is 7.89. The maximum absolute atomic E-state index is 13.3. The number of sulfonamides is 1. The molecule has 9 heteroatoms. The highest BCUT2D eigenvalue weighted by Crippen LogP contribution is 2.27. The van der Waals surface area contributed by atoms with E-state index in [1.54, 1.807) is 18.2 Å². The van der Waals surface area contributed by atoms with E-state index in [2.05, 4.69) is 9.46 Å². The molecule has 0 radical (unpaired) electrons. The zero-order valence-electron chi connectivity index (χ0n) is 13.0. The molecule has 25 heavy (non-hydrogen) atoms. The molecule has 0 aromatic heterocycles. The molecule has 1 atom stereocenters. The SMILES string of the molecule is COC(=O)CC(NS(=O)(=O)c1ccc(F)c(F)c1)c1ccccc1Cl. The van der Waals surface area contributed by atoms with Gasteiger partial charge in [-0.3, -0.25) is 4.79 Å². The van der Waals surface area contributed by atoms with Gasteiger partial charge in [0.2, 0.25) is 10.0 Å². The van der Waals surface area contributed by atoms with Gasteiger partial charge in [0.15, 0.2) is 11.6 Å². The van der Waals surface area contributed by atoms with Crippen molar-refractivity contribution in [1.82, 2.24) is 4.72 Å². The minimum atomic E-state index is -4.24. The van der Waals surface area contributed by atoms with E-state index < -0.39 is 38.6 Å². The van der Waals surface area contributed by atoms with E-state index in [9.17, 15) is 22.0 Å². The van der Waals surface area contributed by atoms with Crippen LogP contribution in [0, 0.1) is 11.6 Å². The van der Waals surface area contributed by atoms with Gasteiger partial charge in [-0.1, -0.05) is 29.8 Å². The molecule has 2 aromatic carbocycles. The third-order valence-electron chi connectivity index (χ3n) is 3.38. The number of ether oxygens (including phenoxy) is 1. The van der Waals surface area contributed by atoms with E-state index in [0.717, 1.165) is 13.2 Å². The zero-order chi connectivity index (χ0) is 18.6. The monoisotopic (exact) mass is 389 g/mol. The fraction of sp³-hybridized carbons (Fsp3) is 0.188. The molecule has 0 spiro atoms. The Labute approximate surface area is 148 Å². The molecule has 1 N–H and O–H groups in total. The van der Waals surface area contributed by atoms with Crippen molar-refractivity contribution in [3.05, 3.63) is 64.7 Å². The van der Waals surface area contributed by atoms with E-state index in [1.807, 2.05) is 0 Å². The molecule has 0 bridgehead atoms. The van der Waals surface area contributed by atoms with Crippen LogP contribution in [0.15, 0.2) is 47.4 Å². The Kier molecular flexibility index (Phi) is 6.10. The number of hydrogen-bond donors (Lipinski definition) is 1. The summed E-state index contributed by atoms with van der Waals surface area (Å²) in [5.41, 5.74) is 0.348. The highest BCUT2D eigenvalue weighted by atomic mass is 35.5. The summed E-state index contributed by atoms with van der Waals surface area (Å²) in [6.45, 7) is 0. The highest BCUT2D eigenvalue weighted by Gasteiger charge is 2.26. The van der Waals surface area contributed by atoms with E-state index in [0.29, 0.717) is 17.7 Å². The Morgan fingerprint density at radius 2 is 1.88 bits per heavy atom. The van der Waals surface area contributed by atoms with Crippen LogP contribution in [-0.4, -0.2) is 21.5 Å². The summed E-state index contributed by atoms with van der Waals surface area (Å²) in [7, 11) is -3.08. The summed E-state index contributed by atoms with van der Waals surface area (Å²) >= 11 is 6.07. The van der Waals surface area contributed by atoms with Crippen LogP contribution in [0.2, 0.25) is 5.02 Å². The lowest BCUT2D eigenvalue weighted by Crippen LogP contribution is -2.31. The van der Waals surface area contributed by atoms with Gasteiger partial charge in [-0.25, -0.2) is 21.9 Å². The first kappa shape index (κ1) is 19.3. The average Bonchev–Trinajstić information content (AvgIpc) is 2.56. The van der Waals surface area contributed by atoms with Gasteiger partial charge in [0.25, 0.3) is 0 Å². The molecule has 5 nitrogen and oxygen atoms in total. The Hall–Kier alpha value is -2.03. The maximum atomic E-state index is 13.3. The molecule has 0 heterocycles. The average molecular weight is 390 g/mol. The molecule has 0 saturated heterocycles. The first-order valence-corrected chi connectivity index (χ1v) is 8.89. The van der Waals surface area contributed by atoms with E-state index >= 15 is 0 Å². The summed E-state index contributed by atoms with van der Waals surface area (Å²) in [4.78, 5) is 11.1. The number of benzene rings is 2. The van der Waals surface area contributed by atoms with Gasteiger partial charge in [0.1, 0.15) is 0 Å². The van der Waals surface area contributed by atoms with Gasteiger partial charge >= 0.3 is 5.97 Å². The van der Waals surface area contributed by atoms with Crippen molar-refractivity contribution >= 4 is 27.6 Å². The summed E-state index contributed by atoms with van der Waals surface area (Å²) < 4.78 is 58.1. The van der Waals surface area contributed by atoms with Crippen LogP contribution in [0.1, 0.15) is 18.0 Å². The third kappa shape index (κ3) is 4.75. The Morgan fingerprint density at radius 3 is 2.48 bits per heavy atom. The van der Waals surface area contributed by atoms with Gasteiger partial charge in [0.05, 0.1) is 24.5 Å². The molecule has 0 fully saturated rings. The Balaban J connectivity index is 2.39. The zero-order valence-corrected chi connectivity index (χ0v) is 14.6. The molecule has 0 aliphatic rings. The normalized spacial score (nSPS) is 12.6. The van der Waals surface area contributed by atoms with Crippen LogP contribution in [0.4, 0.5) is 8.78 Å². The van der Waals surface area contributed by atoms with Gasteiger partial charge < -0.3 is 4.74 Å². The van der Waals surface area contributed by atoms with Crippen molar-refractivity contribution < 1.29 is 26.7 Å². The predicted octanol–water partition coefficient (Wildman–Crippen LogP) is 3.20. The van der Waals surface area contributed by atoms with Crippen LogP contribution in [0.25, 0.3) is 0 Å². The summed E-state index contributed by atoms with van der Waals surface area (Å²) in [6.07, 6.45) is -0.330. The number of methoxy groups -OCH3 is 1. The van der Waals surface area contributed by atoms with Gasteiger partial charge in [-0.05, 0) is 29.8 Å². The lowest BCUT2D eigenvalue weighted by atomic mass is 10.1. The second-order valence-electron chi connectivity index (χ2n) is 5.05. The standard InChI is InChI=1S/C16H14ClF2NO4S/c1-24-16(21)9-15(11-4-2-3-5-12(11)17)20-25(22,23)10-6-7-13(18)14(19)8-10/h2-8,15,20H,9H2,1H3. The molecule has 0 amide bonds. The summed E-state index contributed by atoms with van der Waals surface area (Å²) in [5.74, 6) is -3.14. The molecule has 0 aliphatic carbocycles. The molecular weight excluding hydrogens is 376 g/mol. The first-order chi connectivity index (χ1) is 11.7. The number of nitrogens with one attached hydrogen (secondary N) is 1. The van der Waals surface area contributed by atoms with E-state index in [-0.39, 0.29) is 11.4 Å². The van der Waals surface area contributed by atoms with Gasteiger partial charge in [-0.15, -0.1) is 0 Å². The number of carbonyl (C=O) groups is 1. The molecular formula is C16H14ClF2NO4S. The molecule has 134 valence electrons. The van der Waals surface area contributed by atoms with Crippen LogP contribution >= 0.6 is 11.6 Å². The number of rotatable bonds is 6. The number of hydrogen-bond acceptors (Lipinski definition) is 4. The molecule has 1 unspecified atom stereocenters. The number of halogens is 3. The van der Waals surface area contributed by atoms with Crippen molar-refractivity contribution in [2.24, 2.45) is 0 Å². The quantitative estimate of drug-likeness (QED) is 0.770. The lowest BCUT2D eigenvalue weighted by molar-refractivity contribution is -0.141. The van der Waals surface area contributed by atoms with E-state index in [4.69, 9.17) is 11.6 Å². The van der Waals surface area contributed by atoms with Crippen LogP contribution < -0.4 is 4.72 Å². The molecule has 2 rings (SSSR count). The van der Waals surface area contributed by atoms with Crippen LogP contribution in [0.5, 0.6) is 0 Å². The number of esters is 1. The van der Waals surface area contributed by atoms with Gasteiger partial charge in [0, 0.05) is 5.02 Å². The van der Waals surface area contributed by atoms with Crippen molar-refractivity contribution in [2.75, 3.05) is 7.11 Å². The third-order valence-corrected chi connectivity index (χ3v) is 5.19. The first-order valence-electron chi connectivity index (χ1n) is 7.03. The van der Waals surface area contributed by atoms with Crippen LogP contribution in [-0.2, 0) is 19.6 Å². The Morgan fingerprint density at radius 1 is 1.20 bits per heavy atom. The molecule has 0 aliphatic heterocycles. The van der Waals surface area contributed by atoms with E-state index in [1.165, 1.54) is 6.07 Å². The largest absolute Gasteiger partial charge is 0.469 e. The van der Waals surface area contributed by atoms with Gasteiger partial charge in [-0.2, -0.15) is 0 Å². The maximum Gasteiger partial charge on any atom is 0.307 e. The second kappa shape index (κ2) is 7.90. The second-order valence-corrected chi connectivity index (χ2v) is 7.17. The molecule has 0 saturated carbocycles. The predicted molar refractivity (Wildman–Crippen MR) is 87.5 cm³/mol. The van der Waals surface area contributed by atoms with Crippen molar-refractivity contribution in [1.29, 1.82) is 0 Å². The van der Waals surface area contributed by atoms with Crippen molar-refractivity contribution in [3.63, 3.8) is 0 Å². The summed E-state index contributed by atoms with van der Waals surface area (Å²) in [6, 6.07) is 7.48. The van der Waals surface area contributed by atoms with Crippen molar-refractivity contribution in [2.45, 2.75) is 17.4 Å². The topological polar surface area (TPSA) is 72.5 Å². The minimum Gasteiger partial charge on any atom is -0.469 e.